The maximum atomic E-state index is 13.9. The van der Waals surface area contributed by atoms with Gasteiger partial charge in [-0.15, -0.1) is 0 Å². The number of benzene rings is 3. The van der Waals surface area contributed by atoms with Crippen molar-refractivity contribution in [1.29, 1.82) is 0 Å². The summed E-state index contributed by atoms with van der Waals surface area (Å²) in [5.41, 5.74) is 5.80. The number of rotatable bonds is 9. The van der Waals surface area contributed by atoms with Crippen LogP contribution in [0.4, 0.5) is 15.8 Å². The molecule has 0 atom stereocenters. The van der Waals surface area contributed by atoms with Crippen molar-refractivity contribution in [2.45, 2.75) is 26.3 Å². The van der Waals surface area contributed by atoms with Crippen LogP contribution in [0.5, 0.6) is 0 Å². The summed E-state index contributed by atoms with van der Waals surface area (Å²) in [5.74, 6) is -0.968. The fourth-order valence-electron chi connectivity index (χ4n) is 4.29. The Labute approximate surface area is 210 Å². The number of nitrogens with one attached hydrogen (secondary N) is 2. The first kappa shape index (κ1) is 25.1. The van der Waals surface area contributed by atoms with Gasteiger partial charge < -0.3 is 20.3 Å². The van der Waals surface area contributed by atoms with Crippen molar-refractivity contribution >= 4 is 34.5 Å². The Kier molecular flexibility index (Phi) is 7.80. The zero-order valence-electron chi connectivity index (χ0n) is 20.7. The summed E-state index contributed by atoms with van der Waals surface area (Å²) in [6.45, 7) is 2.90. The smallest absolute Gasteiger partial charge is 0.306 e. The normalized spacial score (nSPS) is 13.9. The summed E-state index contributed by atoms with van der Waals surface area (Å²) >= 11 is 0. The first-order chi connectivity index (χ1) is 17.3. The number of nitrogens with zero attached hydrogens (tertiary/aromatic N) is 1. The molecule has 0 spiro atoms. The van der Waals surface area contributed by atoms with Crippen molar-refractivity contribution in [3.8, 4) is 0 Å². The standard InChI is InChI=1S/C29H30FN3O3/c1-4-36-26(34)14-11-19-7-5-9-21(15-19)28(31-23-10-6-8-20(16-23)18-33(2)3)27-24-13-12-22(30)17-25(24)32-29(27)35/h5-10,12-13,15-17,31H,4,11,14,18H2,1-3H3,(H,32,35)/b28-27-. The number of ether oxygens (including phenoxy) is 1. The van der Waals surface area contributed by atoms with E-state index in [1.54, 1.807) is 13.0 Å². The average Bonchev–Trinajstić information content (AvgIpc) is 3.16. The van der Waals surface area contributed by atoms with Gasteiger partial charge in [-0.1, -0.05) is 30.3 Å². The Morgan fingerprint density at radius 1 is 1.03 bits per heavy atom. The van der Waals surface area contributed by atoms with Crippen molar-refractivity contribution in [3.05, 3.63) is 94.8 Å². The van der Waals surface area contributed by atoms with Crippen molar-refractivity contribution in [2.24, 2.45) is 0 Å². The number of aryl methyl sites for hydroxylation is 1. The molecule has 0 unspecified atom stereocenters. The molecule has 0 saturated heterocycles. The van der Waals surface area contributed by atoms with Gasteiger partial charge >= 0.3 is 5.97 Å². The zero-order chi connectivity index (χ0) is 25.7. The Morgan fingerprint density at radius 2 is 1.81 bits per heavy atom. The van der Waals surface area contributed by atoms with Crippen LogP contribution in [-0.4, -0.2) is 37.5 Å². The average molecular weight is 488 g/mol. The Morgan fingerprint density at radius 3 is 2.58 bits per heavy atom. The molecule has 4 rings (SSSR count). The van der Waals surface area contributed by atoms with Crippen LogP contribution in [0.25, 0.3) is 11.3 Å². The minimum absolute atomic E-state index is 0.247. The lowest BCUT2D eigenvalue weighted by Gasteiger charge is -2.17. The number of anilines is 2. The summed E-state index contributed by atoms with van der Waals surface area (Å²) in [6, 6.07) is 20.0. The second kappa shape index (κ2) is 11.2. The maximum Gasteiger partial charge on any atom is 0.306 e. The van der Waals surface area contributed by atoms with Gasteiger partial charge in [-0.25, -0.2) is 4.39 Å². The van der Waals surface area contributed by atoms with E-state index in [-0.39, 0.29) is 18.3 Å². The molecule has 3 aromatic rings. The molecule has 0 fully saturated rings. The number of carbonyl (C=O) groups excluding carboxylic acids is 2. The molecule has 0 saturated carbocycles. The molecule has 2 N–H and O–H groups in total. The van der Waals surface area contributed by atoms with Crippen LogP contribution in [0.2, 0.25) is 0 Å². The first-order valence-corrected chi connectivity index (χ1v) is 11.9. The predicted octanol–water partition coefficient (Wildman–Crippen LogP) is 5.32. The molecule has 0 bridgehead atoms. The van der Waals surface area contributed by atoms with E-state index in [1.165, 1.54) is 12.1 Å². The summed E-state index contributed by atoms with van der Waals surface area (Å²) < 4.78 is 18.9. The maximum absolute atomic E-state index is 13.9. The van der Waals surface area contributed by atoms with Crippen LogP contribution < -0.4 is 10.6 Å². The van der Waals surface area contributed by atoms with Crippen molar-refractivity contribution in [1.82, 2.24) is 4.90 Å². The van der Waals surface area contributed by atoms with E-state index >= 15 is 0 Å². The highest BCUT2D eigenvalue weighted by Crippen LogP contribution is 2.38. The Bertz CT molecular complexity index is 1320. The predicted molar refractivity (Wildman–Crippen MR) is 141 cm³/mol. The number of halogens is 1. The van der Waals surface area contributed by atoms with Crippen molar-refractivity contribution in [3.63, 3.8) is 0 Å². The lowest BCUT2D eigenvalue weighted by molar-refractivity contribution is -0.143. The lowest BCUT2D eigenvalue weighted by atomic mass is 9.97. The van der Waals surface area contributed by atoms with Gasteiger partial charge in [0.25, 0.3) is 5.91 Å². The van der Waals surface area contributed by atoms with Crippen LogP contribution in [-0.2, 0) is 27.3 Å². The van der Waals surface area contributed by atoms with E-state index in [2.05, 4.69) is 15.5 Å². The van der Waals surface area contributed by atoms with Crippen molar-refractivity contribution < 1.29 is 18.7 Å². The SMILES string of the molecule is CCOC(=O)CCc1cccc(/C(Nc2cccc(CN(C)C)c2)=C2/C(=O)Nc3cc(F)ccc32)c1. The second-order valence-electron chi connectivity index (χ2n) is 8.96. The van der Waals surface area contributed by atoms with Crippen LogP contribution in [0.3, 0.4) is 0 Å². The van der Waals surface area contributed by atoms with Crippen LogP contribution in [0, 0.1) is 5.82 Å². The van der Waals surface area contributed by atoms with Crippen LogP contribution >= 0.6 is 0 Å². The van der Waals surface area contributed by atoms with Gasteiger partial charge in [-0.3, -0.25) is 9.59 Å². The van der Waals surface area contributed by atoms with E-state index in [0.717, 1.165) is 28.9 Å². The molecule has 1 heterocycles. The van der Waals surface area contributed by atoms with E-state index in [1.807, 2.05) is 62.6 Å². The molecular formula is C29H30FN3O3. The Balaban J connectivity index is 1.77. The molecule has 0 aliphatic carbocycles. The highest BCUT2D eigenvalue weighted by Gasteiger charge is 2.29. The summed E-state index contributed by atoms with van der Waals surface area (Å²) in [6.07, 6.45) is 0.785. The van der Waals surface area contributed by atoms with Gasteiger partial charge in [0, 0.05) is 24.2 Å². The minimum atomic E-state index is -0.415. The first-order valence-electron chi connectivity index (χ1n) is 11.9. The summed E-state index contributed by atoms with van der Waals surface area (Å²) in [7, 11) is 4.02. The molecule has 0 radical (unpaired) electrons. The van der Waals surface area contributed by atoms with E-state index in [4.69, 9.17) is 4.74 Å². The highest BCUT2D eigenvalue weighted by atomic mass is 19.1. The zero-order valence-corrected chi connectivity index (χ0v) is 20.7. The molecule has 3 aromatic carbocycles. The largest absolute Gasteiger partial charge is 0.466 e. The van der Waals surface area contributed by atoms with E-state index < -0.39 is 5.82 Å². The van der Waals surface area contributed by atoms with Gasteiger partial charge in [-0.2, -0.15) is 0 Å². The molecule has 186 valence electrons. The number of hydrogen-bond donors (Lipinski definition) is 2. The van der Waals surface area contributed by atoms with Crippen LogP contribution in [0.1, 0.15) is 35.6 Å². The molecule has 6 nitrogen and oxygen atoms in total. The summed E-state index contributed by atoms with van der Waals surface area (Å²) in [5, 5.41) is 6.25. The number of amides is 1. The highest BCUT2D eigenvalue weighted by molar-refractivity contribution is 6.37. The minimum Gasteiger partial charge on any atom is -0.466 e. The fraction of sp³-hybridized carbons (Fsp3) is 0.241. The lowest BCUT2D eigenvalue weighted by Crippen LogP contribution is -2.12. The monoisotopic (exact) mass is 487 g/mol. The van der Waals surface area contributed by atoms with E-state index in [0.29, 0.717) is 35.5 Å². The van der Waals surface area contributed by atoms with Gasteiger partial charge in [-0.05, 0) is 80.5 Å². The molecule has 7 heteroatoms. The number of esters is 1. The fourth-order valence-corrected chi connectivity index (χ4v) is 4.29. The van der Waals surface area contributed by atoms with Crippen LogP contribution in [0.15, 0.2) is 66.7 Å². The Hall–Kier alpha value is -3.97. The summed E-state index contributed by atoms with van der Waals surface area (Å²) in [4.78, 5) is 27.1. The van der Waals surface area contributed by atoms with Gasteiger partial charge in [0.15, 0.2) is 0 Å². The van der Waals surface area contributed by atoms with Crippen molar-refractivity contribution in [2.75, 3.05) is 31.3 Å². The third-order valence-electron chi connectivity index (χ3n) is 5.81. The molecular weight excluding hydrogens is 457 g/mol. The molecule has 1 amide bonds. The number of carbonyl (C=O) groups is 2. The molecule has 36 heavy (non-hydrogen) atoms. The van der Waals surface area contributed by atoms with E-state index in [9.17, 15) is 14.0 Å². The van der Waals surface area contributed by atoms with Gasteiger partial charge in [0.1, 0.15) is 5.82 Å². The number of fused-ring (bicyclic) bond motifs is 1. The topological polar surface area (TPSA) is 70.7 Å². The molecule has 0 aromatic heterocycles. The van der Waals surface area contributed by atoms with Gasteiger partial charge in [0.05, 0.1) is 23.6 Å². The third kappa shape index (κ3) is 5.98. The number of hydrogen-bond acceptors (Lipinski definition) is 5. The molecule has 1 aliphatic rings. The quantitative estimate of drug-likeness (QED) is 0.316. The van der Waals surface area contributed by atoms with Gasteiger partial charge in [0.2, 0.25) is 0 Å². The third-order valence-corrected chi connectivity index (χ3v) is 5.81. The molecule has 1 aliphatic heterocycles. The second-order valence-corrected chi connectivity index (χ2v) is 8.96.